The van der Waals surface area contributed by atoms with Crippen molar-refractivity contribution in [2.45, 2.75) is 0 Å². The molecule has 0 saturated carbocycles. The lowest BCUT2D eigenvalue weighted by Crippen LogP contribution is -1.98. The van der Waals surface area contributed by atoms with Gasteiger partial charge in [0.05, 0.1) is 25.3 Å². The number of halogens is 1. The Morgan fingerprint density at radius 3 is 2.47 bits per heavy atom. The number of aldehydes is 1. The zero-order valence-electron chi connectivity index (χ0n) is 10.3. The molecule has 0 spiro atoms. The molecule has 0 unspecified atom stereocenters. The van der Waals surface area contributed by atoms with Crippen LogP contribution in [0.3, 0.4) is 0 Å². The van der Waals surface area contributed by atoms with Gasteiger partial charge in [-0.15, -0.1) is 0 Å². The summed E-state index contributed by atoms with van der Waals surface area (Å²) in [5.74, 6) is 1.37. The van der Waals surface area contributed by atoms with Crippen molar-refractivity contribution in [1.29, 1.82) is 0 Å². The van der Waals surface area contributed by atoms with Gasteiger partial charge in [-0.05, 0) is 22.0 Å². The predicted molar refractivity (Wildman–Crippen MR) is 72.5 cm³/mol. The molecule has 0 atom stereocenters. The number of rotatable bonds is 4. The van der Waals surface area contributed by atoms with Crippen molar-refractivity contribution >= 4 is 28.0 Å². The van der Waals surface area contributed by atoms with Crippen LogP contribution in [-0.2, 0) is 0 Å². The van der Waals surface area contributed by atoms with E-state index in [1.807, 2.05) is 0 Å². The summed E-state index contributed by atoms with van der Waals surface area (Å²) in [6, 6.07) is 3.25. The standard InChI is InChI=1S/C12H11BrN2O4/c1-17-11-6(9-4-10(14)15-19-9)3-8(13)7(5-16)12(11)18-2/h3-5H,1-2H3,(H2,14,15). The van der Waals surface area contributed by atoms with Crippen LogP contribution in [0.4, 0.5) is 5.82 Å². The summed E-state index contributed by atoms with van der Waals surface area (Å²) in [5, 5.41) is 3.62. The van der Waals surface area contributed by atoms with Crippen molar-refractivity contribution in [3.05, 3.63) is 22.2 Å². The fraction of sp³-hybridized carbons (Fsp3) is 0.167. The molecule has 0 fully saturated rings. The third-order valence-electron chi connectivity index (χ3n) is 2.54. The number of hydrogen-bond donors (Lipinski definition) is 1. The van der Waals surface area contributed by atoms with Gasteiger partial charge in [-0.25, -0.2) is 0 Å². The number of benzene rings is 1. The van der Waals surface area contributed by atoms with Crippen molar-refractivity contribution in [2.24, 2.45) is 0 Å². The third kappa shape index (κ3) is 2.28. The average Bonchev–Trinajstić information content (AvgIpc) is 2.83. The predicted octanol–water partition coefficient (Wildman–Crippen LogP) is 2.52. The van der Waals surface area contributed by atoms with Crippen molar-refractivity contribution in [3.8, 4) is 22.8 Å². The normalized spacial score (nSPS) is 10.3. The van der Waals surface area contributed by atoms with E-state index in [-0.39, 0.29) is 5.82 Å². The number of nitrogens with two attached hydrogens (primary N) is 1. The molecule has 0 saturated heterocycles. The van der Waals surface area contributed by atoms with Gasteiger partial charge in [0.25, 0.3) is 0 Å². The lowest BCUT2D eigenvalue weighted by molar-refractivity contribution is 0.111. The van der Waals surface area contributed by atoms with E-state index < -0.39 is 0 Å². The van der Waals surface area contributed by atoms with Crippen LogP contribution in [0, 0.1) is 0 Å². The number of hydrogen-bond acceptors (Lipinski definition) is 6. The molecule has 0 amide bonds. The molecule has 0 aliphatic carbocycles. The summed E-state index contributed by atoms with van der Waals surface area (Å²) in [7, 11) is 2.93. The smallest absolute Gasteiger partial charge is 0.173 e. The van der Waals surface area contributed by atoms with Crippen LogP contribution in [0.2, 0.25) is 0 Å². The van der Waals surface area contributed by atoms with Crippen LogP contribution in [-0.4, -0.2) is 25.7 Å². The van der Waals surface area contributed by atoms with Crippen LogP contribution in [0.25, 0.3) is 11.3 Å². The molecule has 2 aromatic rings. The van der Waals surface area contributed by atoms with Crippen molar-refractivity contribution in [3.63, 3.8) is 0 Å². The number of nitrogen functional groups attached to an aromatic ring is 1. The zero-order valence-corrected chi connectivity index (χ0v) is 11.9. The number of methoxy groups -OCH3 is 2. The Kier molecular flexibility index (Phi) is 3.75. The number of carbonyl (C=O) groups excluding carboxylic acids is 1. The first-order chi connectivity index (χ1) is 9.12. The molecule has 1 aromatic heterocycles. The highest BCUT2D eigenvalue weighted by molar-refractivity contribution is 9.10. The van der Waals surface area contributed by atoms with Gasteiger partial charge in [-0.2, -0.15) is 0 Å². The molecular weight excluding hydrogens is 316 g/mol. The van der Waals surface area contributed by atoms with Gasteiger partial charge >= 0.3 is 0 Å². The lowest BCUT2D eigenvalue weighted by atomic mass is 10.1. The molecular formula is C12H11BrN2O4. The van der Waals surface area contributed by atoms with Gasteiger partial charge < -0.3 is 19.7 Å². The molecule has 0 aliphatic heterocycles. The monoisotopic (exact) mass is 326 g/mol. The average molecular weight is 327 g/mol. The first-order valence-corrected chi connectivity index (χ1v) is 6.03. The highest BCUT2D eigenvalue weighted by Gasteiger charge is 2.21. The fourth-order valence-electron chi connectivity index (χ4n) is 1.74. The molecule has 1 aromatic carbocycles. The zero-order chi connectivity index (χ0) is 14.0. The third-order valence-corrected chi connectivity index (χ3v) is 3.20. The minimum Gasteiger partial charge on any atom is -0.492 e. The van der Waals surface area contributed by atoms with E-state index in [0.717, 1.165) is 0 Å². The molecule has 6 nitrogen and oxygen atoms in total. The molecule has 7 heteroatoms. The van der Waals surface area contributed by atoms with Crippen LogP contribution in [0.5, 0.6) is 11.5 Å². The van der Waals surface area contributed by atoms with E-state index in [9.17, 15) is 4.79 Å². The Morgan fingerprint density at radius 2 is 2.00 bits per heavy atom. The summed E-state index contributed by atoms with van der Waals surface area (Å²) < 4.78 is 16.2. The number of ether oxygens (including phenoxy) is 2. The quantitative estimate of drug-likeness (QED) is 0.868. The second kappa shape index (κ2) is 5.31. The van der Waals surface area contributed by atoms with E-state index in [1.165, 1.54) is 14.2 Å². The van der Waals surface area contributed by atoms with Crippen molar-refractivity contribution in [1.82, 2.24) is 5.16 Å². The van der Waals surface area contributed by atoms with Crippen molar-refractivity contribution in [2.75, 3.05) is 20.0 Å². The first kappa shape index (κ1) is 13.4. The molecule has 0 bridgehead atoms. The Bertz CT molecular complexity index is 624. The van der Waals surface area contributed by atoms with E-state index in [2.05, 4.69) is 21.1 Å². The highest BCUT2D eigenvalue weighted by Crippen LogP contribution is 2.43. The summed E-state index contributed by atoms with van der Waals surface area (Å²) in [6.45, 7) is 0. The largest absolute Gasteiger partial charge is 0.492 e. The molecule has 0 radical (unpaired) electrons. The lowest BCUT2D eigenvalue weighted by Gasteiger charge is -2.14. The van der Waals surface area contributed by atoms with Crippen LogP contribution in [0.15, 0.2) is 21.1 Å². The van der Waals surface area contributed by atoms with Crippen LogP contribution in [0.1, 0.15) is 10.4 Å². The molecule has 19 heavy (non-hydrogen) atoms. The summed E-state index contributed by atoms with van der Waals surface area (Å²) in [5.41, 5.74) is 6.47. The molecule has 2 rings (SSSR count). The molecule has 1 heterocycles. The second-order valence-electron chi connectivity index (χ2n) is 3.62. The maximum Gasteiger partial charge on any atom is 0.173 e. The minimum atomic E-state index is 0.256. The van der Waals surface area contributed by atoms with Crippen LogP contribution >= 0.6 is 15.9 Å². The summed E-state index contributed by atoms with van der Waals surface area (Å²) in [4.78, 5) is 11.1. The Morgan fingerprint density at radius 1 is 1.32 bits per heavy atom. The number of nitrogens with zero attached hydrogens (tertiary/aromatic N) is 1. The van der Waals surface area contributed by atoms with Gasteiger partial charge in [0.15, 0.2) is 29.4 Å². The minimum absolute atomic E-state index is 0.256. The fourth-order valence-corrected chi connectivity index (χ4v) is 2.24. The second-order valence-corrected chi connectivity index (χ2v) is 4.47. The van der Waals surface area contributed by atoms with E-state index in [4.69, 9.17) is 19.7 Å². The number of aromatic nitrogens is 1. The molecule has 0 aliphatic rings. The highest BCUT2D eigenvalue weighted by atomic mass is 79.9. The SMILES string of the molecule is COc1c(-c2cc(N)no2)cc(Br)c(C=O)c1OC. The summed E-state index contributed by atoms with van der Waals surface area (Å²) in [6.07, 6.45) is 0.684. The molecule has 100 valence electrons. The van der Waals surface area contributed by atoms with Gasteiger partial charge in [-0.3, -0.25) is 4.79 Å². The van der Waals surface area contributed by atoms with E-state index in [0.29, 0.717) is 39.1 Å². The van der Waals surface area contributed by atoms with Gasteiger partial charge in [-0.1, -0.05) is 5.16 Å². The topological polar surface area (TPSA) is 87.6 Å². The number of carbonyl (C=O) groups is 1. The Labute approximate surface area is 117 Å². The van der Waals surface area contributed by atoms with E-state index >= 15 is 0 Å². The maximum atomic E-state index is 11.1. The van der Waals surface area contributed by atoms with Gasteiger partial charge in [0.1, 0.15) is 0 Å². The Hall–Kier alpha value is -2.02. The maximum absolute atomic E-state index is 11.1. The first-order valence-electron chi connectivity index (χ1n) is 5.24. The van der Waals surface area contributed by atoms with E-state index in [1.54, 1.807) is 12.1 Å². The summed E-state index contributed by atoms with van der Waals surface area (Å²) >= 11 is 3.31. The number of anilines is 1. The van der Waals surface area contributed by atoms with Gasteiger partial charge in [0.2, 0.25) is 0 Å². The van der Waals surface area contributed by atoms with Gasteiger partial charge in [0, 0.05) is 10.5 Å². The van der Waals surface area contributed by atoms with Crippen LogP contribution < -0.4 is 15.2 Å². The molecule has 2 N–H and O–H groups in total. The van der Waals surface area contributed by atoms with Crippen molar-refractivity contribution < 1.29 is 18.8 Å². The Balaban J connectivity index is 2.74.